The van der Waals surface area contributed by atoms with Crippen LogP contribution in [0.5, 0.6) is 5.75 Å². The second kappa shape index (κ2) is 8.76. The van der Waals surface area contributed by atoms with Crippen molar-refractivity contribution in [3.63, 3.8) is 0 Å². The van der Waals surface area contributed by atoms with Gasteiger partial charge in [-0.05, 0) is 43.9 Å². The number of carbonyl (C=O) groups is 1. The molecule has 1 aromatic heterocycles. The molecule has 0 atom stereocenters. The van der Waals surface area contributed by atoms with E-state index < -0.39 is 0 Å². The first-order chi connectivity index (χ1) is 13.7. The molecule has 0 saturated heterocycles. The van der Waals surface area contributed by atoms with Crippen LogP contribution in [-0.4, -0.2) is 17.0 Å². The third-order valence-electron chi connectivity index (χ3n) is 4.75. The number of carbonyl (C=O) groups excluding carboxylic acids is 1. The summed E-state index contributed by atoms with van der Waals surface area (Å²) in [5, 5.41) is 6.35. The molecule has 0 unspecified atom stereocenters. The topological polar surface area (TPSA) is 51.2 Å². The molecule has 1 amide bonds. The molecule has 4 rings (SSSR count). The molecule has 1 heterocycles. The number of hydrogen-bond donors (Lipinski definition) is 1. The molecule has 3 aromatic rings. The standard InChI is InChI=1S/C22H21ClN2O2S/c23-18-10-4-3-9-17(18)22-24-15(14-28-22)13-21(26)25-19-11-5-6-12-20(19)27-16-7-1-2-8-16/h3-6,9-12,14,16H,1-2,7-8,13H2,(H,25,26). The van der Waals surface area contributed by atoms with Gasteiger partial charge in [0.25, 0.3) is 0 Å². The van der Waals surface area contributed by atoms with Crippen molar-refractivity contribution in [1.29, 1.82) is 0 Å². The average molecular weight is 413 g/mol. The fourth-order valence-corrected chi connectivity index (χ4v) is 4.50. The molecule has 0 bridgehead atoms. The lowest BCUT2D eigenvalue weighted by molar-refractivity contribution is -0.115. The highest BCUT2D eigenvalue weighted by Gasteiger charge is 2.18. The van der Waals surface area contributed by atoms with Gasteiger partial charge < -0.3 is 10.1 Å². The highest BCUT2D eigenvalue weighted by molar-refractivity contribution is 7.13. The molecule has 1 aliphatic carbocycles. The predicted molar refractivity (Wildman–Crippen MR) is 114 cm³/mol. The van der Waals surface area contributed by atoms with Gasteiger partial charge in [-0.3, -0.25) is 4.79 Å². The molecule has 0 aliphatic heterocycles. The second-order valence-corrected chi connectivity index (χ2v) is 8.13. The number of nitrogens with one attached hydrogen (secondary N) is 1. The molecule has 6 heteroatoms. The number of benzene rings is 2. The highest BCUT2D eigenvalue weighted by Crippen LogP contribution is 2.31. The minimum Gasteiger partial charge on any atom is -0.488 e. The molecule has 1 N–H and O–H groups in total. The fourth-order valence-electron chi connectivity index (χ4n) is 3.36. The number of ether oxygens (including phenoxy) is 1. The van der Waals surface area contributed by atoms with Crippen molar-refractivity contribution in [3.8, 4) is 16.3 Å². The van der Waals surface area contributed by atoms with Crippen LogP contribution in [0.3, 0.4) is 0 Å². The average Bonchev–Trinajstić information content (AvgIpc) is 3.36. The first kappa shape index (κ1) is 19.0. The zero-order chi connectivity index (χ0) is 19.3. The van der Waals surface area contributed by atoms with Gasteiger partial charge in [-0.15, -0.1) is 11.3 Å². The molecular formula is C22H21ClN2O2S. The number of aromatic nitrogens is 1. The molecule has 28 heavy (non-hydrogen) atoms. The Morgan fingerprint density at radius 2 is 1.89 bits per heavy atom. The van der Waals surface area contributed by atoms with Gasteiger partial charge in [0, 0.05) is 10.9 Å². The molecule has 144 valence electrons. The Labute approximate surface area is 173 Å². The zero-order valence-electron chi connectivity index (χ0n) is 15.4. The Morgan fingerprint density at radius 1 is 1.14 bits per heavy atom. The lowest BCUT2D eigenvalue weighted by Crippen LogP contribution is -2.17. The number of rotatable bonds is 6. The summed E-state index contributed by atoms with van der Waals surface area (Å²) in [6.07, 6.45) is 5.01. The van der Waals surface area contributed by atoms with Crippen molar-refractivity contribution in [3.05, 3.63) is 64.6 Å². The van der Waals surface area contributed by atoms with Gasteiger partial charge in [-0.25, -0.2) is 4.98 Å². The molecule has 1 fully saturated rings. The summed E-state index contributed by atoms with van der Waals surface area (Å²) in [5.74, 6) is 0.622. The van der Waals surface area contributed by atoms with Crippen molar-refractivity contribution < 1.29 is 9.53 Å². The molecule has 1 aliphatic rings. The van der Waals surface area contributed by atoms with Gasteiger partial charge in [0.1, 0.15) is 10.8 Å². The van der Waals surface area contributed by atoms with Crippen LogP contribution in [0.4, 0.5) is 5.69 Å². The molecule has 1 saturated carbocycles. The van der Waals surface area contributed by atoms with E-state index in [1.54, 1.807) is 0 Å². The van der Waals surface area contributed by atoms with Crippen LogP contribution in [0.2, 0.25) is 5.02 Å². The molecule has 4 nitrogen and oxygen atoms in total. The summed E-state index contributed by atoms with van der Waals surface area (Å²) in [6, 6.07) is 15.2. The number of thiazole rings is 1. The fraction of sp³-hybridized carbons (Fsp3) is 0.273. The van der Waals surface area contributed by atoms with Crippen LogP contribution >= 0.6 is 22.9 Å². The first-order valence-electron chi connectivity index (χ1n) is 9.44. The van der Waals surface area contributed by atoms with Crippen LogP contribution in [0.1, 0.15) is 31.4 Å². The third kappa shape index (κ3) is 4.54. The van der Waals surface area contributed by atoms with Crippen molar-refractivity contribution in [1.82, 2.24) is 4.98 Å². The van der Waals surface area contributed by atoms with E-state index in [9.17, 15) is 4.79 Å². The largest absolute Gasteiger partial charge is 0.488 e. The Kier molecular flexibility index (Phi) is 5.93. The minimum atomic E-state index is -0.113. The summed E-state index contributed by atoms with van der Waals surface area (Å²) in [7, 11) is 0. The first-order valence-corrected chi connectivity index (χ1v) is 10.7. The summed E-state index contributed by atoms with van der Waals surface area (Å²) in [4.78, 5) is 17.1. The number of halogens is 1. The SMILES string of the molecule is O=C(Cc1csc(-c2ccccc2Cl)n1)Nc1ccccc1OC1CCCC1. The van der Waals surface area contributed by atoms with Crippen LogP contribution in [0, 0.1) is 0 Å². The van der Waals surface area contributed by atoms with E-state index in [0.29, 0.717) is 10.7 Å². The lowest BCUT2D eigenvalue weighted by atomic mass is 10.2. The van der Waals surface area contributed by atoms with E-state index in [1.165, 1.54) is 24.2 Å². The molecule has 0 radical (unpaired) electrons. The van der Waals surface area contributed by atoms with E-state index in [4.69, 9.17) is 16.3 Å². The minimum absolute atomic E-state index is 0.113. The number of nitrogens with zero attached hydrogens (tertiary/aromatic N) is 1. The Bertz CT molecular complexity index is 966. The summed E-state index contributed by atoms with van der Waals surface area (Å²) in [6.45, 7) is 0. The van der Waals surface area contributed by atoms with E-state index in [0.717, 1.165) is 34.9 Å². The molecule has 2 aromatic carbocycles. The van der Waals surface area contributed by atoms with Crippen molar-refractivity contribution in [2.45, 2.75) is 38.2 Å². The van der Waals surface area contributed by atoms with Gasteiger partial charge >= 0.3 is 0 Å². The van der Waals surface area contributed by atoms with Gasteiger partial charge in [-0.1, -0.05) is 41.9 Å². The second-order valence-electron chi connectivity index (χ2n) is 6.87. The Hall–Kier alpha value is -2.37. The quantitative estimate of drug-likeness (QED) is 0.542. The maximum atomic E-state index is 12.6. The van der Waals surface area contributed by atoms with Crippen molar-refractivity contribution in [2.24, 2.45) is 0 Å². The van der Waals surface area contributed by atoms with Crippen molar-refractivity contribution >= 4 is 34.5 Å². The maximum Gasteiger partial charge on any atom is 0.230 e. The third-order valence-corrected chi connectivity index (χ3v) is 6.01. The van der Waals surface area contributed by atoms with Gasteiger partial charge in [-0.2, -0.15) is 0 Å². The highest BCUT2D eigenvalue weighted by atomic mass is 35.5. The number of amides is 1. The number of hydrogen-bond acceptors (Lipinski definition) is 4. The predicted octanol–water partition coefficient (Wildman–Crippen LogP) is 5.97. The smallest absolute Gasteiger partial charge is 0.230 e. The van der Waals surface area contributed by atoms with Crippen LogP contribution in [0.15, 0.2) is 53.9 Å². The van der Waals surface area contributed by atoms with E-state index >= 15 is 0 Å². The summed E-state index contributed by atoms with van der Waals surface area (Å²) in [5.41, 5.74) is 2.32. The van der Waals surface area contributed by atoms with Crippen LogP contribution in [-0.2, 0) is 11.2 Å². The Balaban J connectivity index is 1.42. The van der Waals surface area contributed by atoms with Crippen molar-refractivity contribution in [2.75, 3.05) is 5.32 Å². The van der Waals surface area contributed by atoms with Gasteiger partial charge in [0.05, 0.1) is 28.9 Å². The Morgan fingerprint density at radius 3 is 2.71 bits per heavy atom. The number of para-hydroxylation sites is 2. The lowest BCUT2D eigenvalue weighted by Gasteiger charge is -2.16. The summed E-state index contributed by atoms with van der Waals surface area (Å²) < 4.78 is 6.09. The normalized spacial score (nSPS) is 14.2. The molecule has 0 spiro atoms. The summed E-state index contributed by atoms with van der Waals surface area (Å²) >= 11 is 7.73. The number of anilines is 1. The zero-order valence-corrected chi connectivity index (χ0v) is 16.9. The van der Waals surface area contributed by atoms with E-state index in [2.05, 4.69) is 10.3 Å². The van der Waals surface area contributed by atoms with E-state index in [-0.39, 0.29) is 18.4 Å². The molecular weight excluding hydrogens is 392 g/mol. The van der Waals surface area contributed by atoms with Crippen LogP contribution in [0.25, 0.3) is 10.6 Å². The van der Waals surface area contributed by atoms with Gasteiger partial charge in [0.15, 0.2) is 0 Å². The van der Waals surface area contributed by atoms with Gasteiger partial charge in [0.2, 0.25) is 5.91 Å². The monoisotopic (exact) mass is 412 g/mol. The van der Waals surface area contributed by atoms with Crippen LogP contribution < -0.4 is 10.1 Å². The maximum absolute atomic E-state index is 12.6. The van der Waals surface area contributed by atoms with E-state index in [1.807, 2.05) is 53.9 Å².